The van der Waals surface area contributed by atoms with Crippen molar-refractivity contribution < 1.29 is 19.1 Å². The van der Waals surface area contributed by atoms with Crippen molar-refractivity contribution in [1.82, 2.24) is 5.32 Å². The normalized spacial score (nSPS) is 8.56. The number of halogens is 1. The monoisotopic (exact) mass is 135 g/mol. The van der Waals surface area contributed by atoms with Gasteiger partial charge in [-0.05, 0) is 0 Å². The van der Waals surface area contributed by atoms with Crippen LogP contribution >= 0.6 is 0 Å². The van der Waals surface area contributed by atoms with Crippen molar-refractivity contribution in [1.29, 1.82) is 0 Å². The molecule has 9 heavy (non-hydrogen) atoms. The molecular weight excluding hydrogens is 129 g/mol. The number of carbonyl (C=O) groups excluding carboxylic acids is 1. The molecule has 0 saturated carbocycles. The summed E-state index contributed by atoms with van der Waals surface area (Å²) in [6.07, 6.45) is -1.95. The first-order chi connectivity index (χ1) is 4.13. The lowest BCUT2D eigenvalue weighted by atomic mass is 10.4. The third kappa shape index (κ3) is 6.87. The van der Waals surface area contributed by atoms with Crippen LogP contribution in [-0.2, 0) is 4.79 Å². The van der Waals surface area contributed by atoms with Gasteiger partial charge in [-0.3, -0.25) is 4.79 Å². The predicted molar refractivity (Wildman–Crippen MR) is 26.8 cm³/mol. The molecule has 0 aliphatic heterocycles. The fraction of sp³-hybridized carbons (Fsp3) is 0.500. The maximum Gasteiger partial charge on any atom is 0.397 e. The van der Waals surface area contributed by atoms with Crippen LogP contribution in [-0.4, -0.2) is 23.8 Å². The maximum absolute atomic E-state index is 11.2. The number of aliphatic carboxylic acids is 1. The van der Waals surface area contributed by atoms with E-state index in [0.717, 1.165) is 0 Å². The zero-order valence-corrected chi connectivity index (χ0v) is 4.56. The van der Waals surface area contributed by atoms with Crippen LogP contribution in [0.4, 0.5) is 9.18 Å². The van der Waals surface area contributed by atoms with Crippen LogP contribution in [0.3, 0.4) is 0 Å². The molecule has 0 fully saturated rings. The summed E-state index contributed by atoms with van der Waals surface area (Å²) in [7, 11) is 0. The van der Waals surface area contributed by atoms with Gasteiger partial charge in [0.05, 0.1) is 6.42 Å². The van der Waals surface area contributed by atoms with Gasteiger partial charge in [0.1, 0.15) is 0 Å². The van der Waals surface area contributed by atoms with E-state index in [2.05, 4.69) is 0 Å². The quantitative estimate of drug-likeness (QED) is 0.427. The maximum atomic E-state index is 11.2. The van der Waals surface area contributed by atoms with E-state index in [1.54, 1.807) is 5.32 Å². The summed E-state index contributed by atoms with van der Waals surface area (Å²) < 4.78 is 11.2. The average molecular weight is 135 g/mol. The second-order valence-electron chi connectivity index (χ2n) is 1.34. The second-order valence-corrected chi connectivity index (χ2v) is 1.34. The number of hydrogen-bond acceptors (Lipinski definition) is 2. The third-order valence-corrected chi connectivity index (χ3v) is 0.603. The van der Waals surface area contributed by atoms with Gasteiger partial charge >= 0.3 is 12.1 Å². The smallest absolute Gasteiger partial charge is 0.397 e. The molecule has 4 nitrogen and oxygen atoms in total. The van der Waals surface area contributed by atoms with Gasteiger partial charge in [-0.1, -0.05) is 0 Å². The first-order valence-corrected chi connectivity index (χ1v) is 2.28. The lowest BCUT2D eigenvalue weighted by Crippen LogP contribution is -2.20. The van der Waals surface area contributed by atoms with Crippen LogP contribution in [0.25, 0.3) is 0 Å². The molecule has 1 amide bonds. The van der Waals surface area contributed by atoms with E-state index < -0.39 is 12.1 Å². The molecular formula is C4H6FNO3. The van der Waals surface area contributed by atoms with Gasteiger partial charge < -0.3 is 10.4 Å². The van der Waals surface area contributed by atoms with Gasteiger partial charge in [-0.15, -0.1) is 4.39 Å². The van der Waals surface area contributed by atoms with Gasteiger partial charge in [-0.2, -0.15) is 0 Å². The van der Waals surface area contributed by atoms with Gasteiger partial charge in [0.25, 0.3) is 0 Å². The largest absolute Gasteiger partial charge is 0.481 e. The molecule has 0 unspecified atom stereocenters. The van der Waals surface area contributed by atoms with E-state index in [4.69, 9.17) is 5.11 Å². The molecule has 0 rings (SSSR count). The fourth-order valence-electron chi connectivity index (χ4n) is 0.268. The highest BCUT2D eigenvalue weighted by Gasteiger charge is 1.97. The molecule has 0 aliphatic carbocycles. The van der Waals surface area contributed by atoms with Crippen LogP contribution in [0, 0.1) is 0 Å². The zero-order valence-electron chi connectivity index (χ0n) is 4.56. The van der Waals surface area contributed by atoms with Crippen molar-refractivity contribution in [2.45, 2.75) is 6.42 Å². The Hall–Kier alpha value is -1.13. The minimum Gasteiger partial charge on any atom is -0.481 e. The summed E-state index contributed by atoms with van der Waals surface area (Å²) in [6, 6.07) is 0. The molecule has 0 heterocycles. The number of carboxylic acids is 1. The summed E-state index contributed by atoms with van der Waals surface area (Å²) in [5, 5.41) is 9.64. The van der Waals surface area contributed by atoms with Crippen molar-refractivity contribution in [3.8, 4) is 0 Å². The van der Waals surface area contributed by atoms with Crippen LogP contribution < -0.4 is 5.32 Å². The molecule has 0 spiro atoms. The highest BCUT2D eigenvalue weighted by Crippen LogP contribution is 1.76. The first-order valence-electron chi connectivity index (χ1n) is 2.28. The number of carbonyl (C=O) groups is 2. The van der Waals surface area contributed by atoms with Gasteiger partial charge in [0.2, 0.25) is 0 Å². The van der Waals surface area contributed by atoms with E-state index >= 15 is 0 Å². The van der Waals surface area contributed by atoms with E-state index in [9.17, 15) is 14.0 Å². The lowest BCUT2D eigenvalue weighted by Gasteiger charge is -1.92. The van der Waals surface area contributed by atoms with Crippen LogP contribution in [0.5, 0.6) is 0 Å². The first kappa shape index (κ1) is 7.87. The lowest BCUT2D eigenvalue weighted by molar-refractivity contribution is -0.136. The Morgan fingerprint density at radius 3 is 2.44 bits per heavy atom. The minimum absolute atomic E-state index is 0.162. The van der Waals surface area contributed by atoms with E-state index in [1.807, 2.05) is 0 Å². The molecule has 0 aromatic rings. The SMILES string of the molecule is O=C(O)CCNC(=O)F. The highest BCUT2D eigenvalue weighted by molar-refractivity contribution is 5.69. The Labute approximate surface area is 50.7 Å². The number of hydrogen-bond donors (Lipinski definition) is 2. The molecule has 2 N–H and O–H groups in total. The molecule has 0 radical (unpaired) electrons. The summed E-state index contributed by atoms with van der Waals surface area (Å²) in [5.41, 5.74) is 0. The van der Waals surface area contributed by atoms with Crippen molar-refractivity contribution >= 4 is 12.1 Å². The summed E-state index contributed by atoms with van der Waals surface area (Å²) in [6.45, 7) is -0.162. The minimum atomic E-state index is -1.70. The number of nitrogens with one attached hydrogen (secondary N) is 1. The third-order valence-electron chi connectivity index (χ3n) is 0.603. The standard InChI is InChI=1S/C4H6FNO3/c5-4(9)6-2-1-3(7)8/h1-2H2,(H,6,9)(H,7,8). The Morgan fingerprint density at radius 2 is 2.11 bits per heavy atom. The molecule has 0 aromatic heterocycles. The van der Waals surface area contributed by atoms with E-state index in [1.165, 1.54) is 0 Å². The highest BCUT2D eigenvalue weighted by atomic mass is 19.1. The number of rotatable bonds is 3. The summed E-state index contributed by atoms with van der Waals surface area (Å²) >= 11 is 0. The van der Waals surface area contributed by atoms with Crippen molar-refractivity contribution in [2.24, 2.45) is 0 Å². The number of amides is 1. The number of carboxylic acid groups (broad SMARTS) is 1. The Balaban J connectivity index is 3.10. The predicted octanol–water partition coefficient (Wildman–Crippen LogP) is 0.140. The Kier molecular flexibility index (Phi) is 3.34. The van der Waals surface area contributed by atoms with Crippen molar-refractivity contribution in [3.63, 3.8) is 0 Å². The molecule has 0 aliphatic rings. The molecule has 52 valence electrons. The van der Waals surface area contributed by atoms with Crippen molar-refractivity contribution in [2.75, 3.05) is 6.54 Å². The van der Waals surface area contributed by atoms with Gasteiger partial charge in [0, 0.05) is 6.54 Å². The van der Waals surface area contributed by atoms with E-state index in [0.29, 0.717) is 0 Å². The Bertz CT molecular complexity index is 111. The van der Waals surface area contributed by atoms with Crippen molar-refractivity contribution in [3.05, 3.63) is 0 Å². The van der Waals surface area contributed by atoms with Gasteiger partial charge in [-0.25, -0.2) is 4.79 Å². The zero-order chi connectivity index (χ0) is 7.28. The fourth-order valence-corrected chi connectivity index (χ4v) is 0.268. The summed E-state index contributed by atoms with van der Waals surface area (Å²) in [5.74, 6) is -1.07. The molecule has 0 atom stereocenters. The van der Waals surface area contributed by atoms with Crippen LogP contribution in [0.1, 0.15) is 6.42 Å². The van der Waals surface area contributed by atoms with E-state index in [-0.39, 0.29) is 13.0 Å². The average Bonchev–Trinajstić information content (AvgIpc) is 1.63. The van der Waals surface area contributed by atoms with Gasteiger partial charge in [0.15, 0.2) is 0 Å². The molecule has 0 saturated heterocycles. The van der Waals surface area contributed by atoms with Crippen LogP contribution in [0.15, 0.2) is 0 Å². The molecule has 0 aromatic carbocycles. The molecule has 5 heteroatoms. The Morgan fingerprint density at radius 1 is 1.56 bits per heavy atom. The summed E-state index contributed by atoms with van der Waals surface area (Å²) in [4.78, 5) is 19.2. The topological polar surface area (TPSA) is 66.4 Å². The molecule has 0 bridgehead atoms. The van der Waals surface area contributed by atoms with Crippen LogP contribution in [0.2, 0.25) is 0 Å². The second kappa shape index (κ2) is 3.82.